The molecule has 0 N–H and O–H groups in total. The number of hydrogen-bond acceptors (Lipinski definition) is 3. The molecule has 0 aromatic carbocycles. The molecule has 0 radical (unpaired) electrons. The third kappa shape index (κ3) is 3.42. The number of carbonyl (C=O) groups excluding carboxylic acids is 1. The monoisotopic (exact) mass is 288 g/mol. The molecule has 1 atom stereocenters. The quantitative estimate of drug-likeness (QED) is 0.807. The molecule has 0 aliphatic rings. The van der Waals surface area contributed by atoms with E-state index in [1.807, 2.05) is 11.6 Å². The van der Waals surface area contributed by atoms with Gasteiger partial charge in [0, 0.05) is 19.4 Å². The first kappa shape index (κ1) is 13.4. The fraction of sp³-hybridized carbons (Fsp3) is 0.636. The molecule has 1 aromatic rings. The van der Waals surface area contributed by atoms with E-state index in [9.17, 15) is 4.79 Å². The lowest BCUT2D eigenvalue weighted by atomic mass is 10.0. The second-order valence-corrected chi connectivity index (χ2v) is 4.76. The van der Waals surface area contributed by atoms with E-state index in [1.54, 1.807) is 20.2 Å². The number of carbonyl (C=O) groups is 1. The zero-order valence-corrected chi connectivity index (χ0v) is 11.5. The summed E-state index contributed by atoms with van der Waals surface area (Å²) in [4.78, 5) is 11.1. The highest BCUT2D eigenvalue weighted by Gasteiger charge is 2.17. The van der Waals surface area contributed by atoms with Crippen molar-refractivity contribution in [3.63, 3.8) is 0 Å². The summed E-state index contributed by atoms with van der Waals surface area (Å²) >= 11 is 3.46. The largest absolute Gasteiger partial charge is 0.383 e. The Kier molecular flexibility index (Phi) is 5.15. The lowest BCUT2D eigenvalue weighted by Gasteiger charge is -2.13. The zero-order valence-electron chi connectivity index (χ0n) is 9.86. The van der Waals surface area contributed by atoms with Crippen LogP contribution >= 0.6 is 15.9 Å². The molecule has 1 heterocycles. The molecule has 0 amide bonds. The van der Waals surface area contributed by atoms with Gasteiger partial charge in [0.25, 0.3) is 0 Å². The van der Waals surface area contributed by atoms with Crippen LogP contribution in [0.5, 0.6) is 0 Å². The number of ketones is 1. The summed E-state index contributed by atoms with van der Waals surface area (Å²) in [6, 6.07) is 0. The Morgan fingerprint density at radius 2 is 2.38 bits per heavy atom. The van der Waals surface area contributed by atoms with Crippen LogP contribution in [-0.4, -0.2) is 29.3 Å². The highest BCUT2D eigenvalue weighted by molar-refractivity contribution is 9.10. The Bertz CT molecular complexity index is 363. The van der Waals surface area contributed by atoms with Gasteiger partial charge in [-0.25, -0.2) is 0 Å². The Morgan fingerprint density at radius 1 is 1.69 bits per heavy atom. The van der Waals surface area contributed by atoms with E-state index in [0.29, 0.717) is 19.6 Å². The molecule has 0 fully saturated rings. The number of ether oxygens (including phenoxy) is 1. The zero-order chi connectivity index (χ0) is 12.1. The Labute approximate surface area is 104 Å². The van der Waals surface area contributed by atoms with Crippen LogP contribution in [0.2, 0.25) is 0 Å². The van der Waals surface area contributed by atoms with Gasteiger partial charge in [-0.15, -0.1) is 0 Å². The Morgan fingerprint density at radius 3 is 2.94 bits per heavy atom. The molecule has 1 aromatic heterocycles. The van der Waals surface area contributed by atoms with Gasteiger partial charge in [-0.05, 0) is 22.9 Å². The minimum Gasteiger partial charge on any atom is -0.383 e. The van der Waals surface area contributed by atoms with E-state index in [-0.39, 0.29) is 11.7 Å². The SMILES string of the molecule is COCCn1ncc(Br)c1C(C)CC(C)=O. The molecule has 4 nitrogen and oxygen atoms in total. The van der Waals surface area contributed by atoms with Gasteiger partial charge in [0.05, 0.1) is 29.5 Å². The second kappa shape index (κ2) is 6.15. The van der Waals surface area contributed by atoms with Crippen molar-refractivity contribution in [1.82, 2.24) is 9.78 Å². The van der Waals surface area contributed by atoms with Gasteiger partial charge >= 0.3 is 0 Å². The number of methoxy groups -OCH3 is 1. The fourth-order valence-corrected chi connectivity index (χ4v) is 2.43. The molecule has 16 heavy (non-hydrogen) atoms. The summed E-state index contributed by atoms with van der Waals surface area (Å²) in [5, 5.41) is 4.26. The fourth-order valence-electron chi connectivity index (χ4n) is 1.75. The highest BCUT2D eigenvalue weighted by Crippen LogP contribution is 2.27. The third-order valence-corrected chi connectivity index (χ3v) is 3.01. The summed E-state index contributed by atoms with van der Waals surface area (Å²) in [6.45, 7) is 4.97. The van der Waals surface area contributed by atoms with Crippen molar-refractivity contribution in [3.05, 3.63) is 16.4 Å². The highest BCUT2D eigenvalue weighted by atomic mass is 79.9. The number of hydrogen-bond donors (Lipinski definition) is 0. The van der Waals surface area contributed by atoms with E-state index in [1.165, 1.54) is 0 Å². The van der Waals surface area contributed by atoms with Gasteiger partial charge in [0.1, 0.15) is 5.78 Å². The van der Waals surface area contributed by atoms with Crippen molar-refractivity contribution >= 4 is 21.7 Å². The van der Waals surface area contributed by atoms with E-state index < -0.39 is 0 Å². The van der Waals surface area contributed by atoms with Gasteiger partial charge < -0.3 is 9.53 Å². The van der Waals surface area contributed by atoms with Crippen LogP contribution in [0.4, 0.5) is 0 Å². The second-order valence-electron chi connectivity index (χ2n) is 3.90. The van der Waals surface area contributed by atoms with Gasteiger partial charge in [-0.1, -0.05) is 6.92 Å². The van der Waals surface area contributed by atoms with E-state index >= 15 is 0 Å². The van der Waals surface area contributed by atoms with Crippen LogP contribution in [0.1, 0.15) is 31.9 Å². The molecule has 0 aliphatic heterocycles. The molecular weight excluding hydrogens is 272 g/mol. The van der Waals surface area contributed by atoms with Crippen LogP contribution in [0, 0.1) is 0 Å². The Hall–Kier alpha value is -0.680. The van der Waals surface area contributed by atoms with Crippen LogP contribution in [0.25, 0.3) is 0 Å². The van der Waals surface area contributed by atoms with Crippen molar-refractivity contribution in [1.29, 1.82) is 0 Å². The molecule has 90 valence electrons. The molecule has 1 rings (SSSR count). The molecular formula is C11H17BrN2O2. The first-order chi connectivity index (χ1) is 7.56. The first-order valence-corrected chi connectivity index (χ1v) is 6.05. The molecule has 0 bridgehead atoms. The molecule has 5 heteroatoms. The van der Waals surface area contributed by atoms with Gasteiger partial charge in [-0.2, -0.15) is 5.10 Å². The van der Waals surface area contributed by atoms with Gasteiger partial charge in [0.15, 0.2) is 0 Å². The first-order valence-electron chi connectivity index (χ1n) is 5.25. The van der Waals surface area contributed by atoms with Crippen LogP contribution in [0.3, 0.4) is 0 Å². The predicted molar refractivity (Wildman–Crippen MR) is 65.5 cm³/mol. The van der Waals surface area contributed by atoms with Crippen molar-refractivity contribution < 1.29 is 9.53 Å². The normalized spacial score (nSPS) is 12.8. The lowest BCUT2D eigenvalue weighted by Crippen LogP contribution is -2.13. The molecule has 0 aliphatic carbocycles. The van der Waals surface area contributed by atoms with Crippen LogP contribution < -0.4 is 0 Å². The molecule has 0 saturated carbocycles. The third-order valence-electron chi connectivity index (χ3n) is 2.40. The standard InChI is InChI=1S/C11H17BrN2O2/c1-8(6-9(2)15)11-10(12)7-13-14(11)4-5-16-3/h7-8H,4-6H2,1-3H3. The maximum absolute atomic E-state index is 11.1. The smallest absolute Gasteiger partial charge is 0.130 e. The van der Waals surface area contributed by atoms with Gasteiger partial charge in [0.2, 0.25) is 0 Å². The number of nitrogens with zero attached hydrogens (tertiary/aromatic N) is 2. The minimum atomic E-state index is 0.172. The molecule has 1 unspecified atom stereocenters. The lowest BCUT2D eigenvalue weighted by molar-refractivity contribution is -0.117. The topological polar surface area (TPSA) is 44.1 Å². The summed E-state index contributed by atoms with van der Waals surface area (Å²) in [7, 11) is 1.66. The van der Waals surface area contributed by atoms with Crippen molar-refractivity contribution in [2.24, 2.45) is 0 Å². The van der Waals surface area contributed by atoms with Crippen molar-refractivity contribution in [2.75, 3.05) is 13.7 Å². The number of halogens is 1. The maximum Gasteiger partial charge on any atom is 0.130 e. The van der Waals surface area contributed by atoms with E-state index in [2.05, 4.69) is 21.0 Å². The number of aromatic nitrogens is 2. The number of rotatable bonds is 6. The van der Waals surface area contributed by atoms with Crippen molar-refractivity contribution in [2.45, 2.75) is 32.7 Å². The van der Waals surface area contributed by atoms with Gasteiger partial charge in [-0.3, -0.25) is 4.68 Å². The molecule has 0 spiro atoms. The van der Waals surface area contributed by atoms with E-state index in [0.717, 1.165) is 10.2 Å². The van der Waals surface area contributed by atoms with E-state index in [4.69, 9.17) is 4.74 Å². The summed E-state index contributed by atoms with van der Waals surface area (Å²) < 4.78 is 7.87. The summed E-state index contributed by atoms with van der Waals surface area (Å²) in [6.07, 6.45) is 2.30. The average Bonchev–Trinajstić information content (AvgIpc) is 2.55. The molecule has 0 saturated heterocycles. The maximum atomic E-state index is 11.1. The minimum absolute atomic E-state index is 0.172. The Balaban J connectivity index is 2.83. The van der Waals surface area contributed by atoms with Crippen LogP contribution in [-0.2, 0) is 16.1 Å². The van der Waals surface area contributed by atoms with Crippen molar-refractivity contribution in [3.8, 4) is 0 Å². The summed E-state index contributed by atoms with van der Waals surface area (Å²) in [5.41, 5.74) is 1.06. The number of Topliss-reactive ketones (excluding diaryl/α,β-unsaturated/α-hetero) is 1. The predicted octanol–water partition coefficient (Wildman–Crippen LogP) is 2.37. The summed E-state index contributed by atoms with van der Waals surface area (Å²) in [5.74, 6) is 0.366. The van der Waals surface area contributed by atoms with Crippen LogP contribution in [0.15, 0.2) is 10.7 Å². The average molecular weight is 289 g/mol.